The second kappa shape index (κ2) is 6.11. The first-order valence-corrected chi connectivity index (χ1v) is 1.45. The van der Waals surface area contributed by atoms with Crippen LogP contribution in [0.3, 0.4) is 0 Å². The van der Waals surface area contributed by atoms with Crippen molar-refractivity contribution in [2.45, 2.75) is 6.92 Å². The number of carbonyl (C=O) groups is 1. The molecule has 0 rings (SSSR count). The van der Waals surface area contributed by atoms with Gasteiger partial charge in [-0.15, -0.1) is 0 Å². The van der Waals surface area contributed by atoms with Crippen molar-refractivity contribution in [3.8, 4) is 0 Å². The molecule has 1 N–H and O–H groups in total. The third-order valence-electron chi connectivity index (χ3n) is 0.352. The molecular formula is C3H7KNO+. The van der Waals surface area contributed by atoms with Crippen LogP contribution >= 0.6 is 0 Å². The molecule has 30 valence electrons. The number of nitrogens with one attached hydrogen (secondary N) is 1. The Bertz CT molecular complexity index is 46.1. The molecule has 0 bridgehead atoms. The van der Waals surface area contributed by atoms with E-state index in [9.17, 15) is 4.79 Å². The molecular weight excluding hydrogens is 105 g/mol. The Kier molecular flexibility index (Phi) is 10.3. The molecule has 0 fully saturated rings. The molecule has 0 aliphatic carbocycles. The van der Waals surface area contributed by atoms with Gasteiger partial charge in [0.05, 0.1) is 0 Å². The third kappa shape index (κ3) is 8.92. The first kappa shape index (κ1) is 10.2. The average Bonchev–Trinajstić information content (AvgIpc) is 1.38. The SMILES string of the molecule is CNC(C)=O.[K+]. The predicted octanol–water partition coefficient (Wildman–Crippen LogP) is -3.24. The first-order valence-electron chi connectivity index (χ1n) is 1.45. The van der Waals surface area contributed by atoms with Crippen LogP contribution in [0.2, 0.25) is 0 Å². The van der Waals surface area contributed by atoms with Crippen LogP contribution in [0.15, 0.2) is 0 Å². The van der Waals surface area contributed by atoms with Gasteiger partial charge in [0.15, 0.2) is 0 Å². The van der Waals surface area contributed by atoms with Gasteiger partial charge in [-0.1, -0.05) is 0 Å². The quantitative estimate of drug-likeness (QED) is 0.328. The van der Waals surface area contributed by atoms with Crippen LogP contribution in [0.25, 0.3) is 0 Å². The molecule has 2 nitrogen and oxygen atoms in total. The minimum atomic E-state index is 0. The zero-order valence-corrected chi connectivity index (χ0v) is 7.53. The molecule has 0 heterocycles. The molecule has 0 aliphatic rings. The van der Waals surface area contributed by atoms with Crippen LogP contribution in [0.5, 0.6) is 0 Å². The Hall–Kier alpha value is 1.11. The maximum absolute atomic E-state index is 9.70. The van der Waals surface area contributed by atoms with Gasteiger partial charge < -0.3 is 5.32 Å². The summed E-state index contributed by atoms with van der Waals surface area (Å²) in [5.41, 5.74) is 0. The summed E-state index contributed by atoms with van der Waals surface area (Å²) in [6, 6.07) is 0. The average molecular weight is 112 g/mol. The third-order valence-corrected chi connectivity index (χ3v) is 0.352. The van der Waals surface area contributed by atoms with Gasteiger partial charge in [0.1, 0.15) is 0 Å². The number of rotatable bonds is 0. The maximum atomic E-state index is 9.70. The van der Waals surface area contributed by atoms with Crippen molar-refractivity contribution in [2.24, 2.45) is 0 Å². The maximum Gasteiger partial charge on any atom is 1.00 e. The van der Waals surface area contributed by atoms with Crippen molar-refractivity contribution in [3.63, 3.8) is 0 Å². The van der Waals surface area contributed by atoms with Gasteiger partial charge in [-0.3, -0.25) is 4.79 Å². The zero-order chi connectivity index (χ0) is 4.28. The van der Waals surface area contributed by atoms with Crippen LogP contribution in [0.1, 0.15) is 6.92 Å². The molecule has 0 aromatic rings. The predicted molar refractivity (Wildman–Crippen MR) is 19.7 cm³/mol. The van der Waals surface area contributed by atoms with E-state index in [1.807, 2.05) is 0 Å². The van der Waals surface area contributed by atoms with Crippen molar-refractivity contribution in [2.75, 3.05) is 7.05 Å². The molecule has 6 heavy (non-hydrogen) atoms. The van der Waals surface area contributed by atoms with E-state index in [0.717, 1.165) is 0 Å². The monoisotopic (exact) mass is 112 g/mol. The van der Waals surface area contributed by atoms with Crippen LogP contribution in [-0.4, -0.2) is 13.0 Å². The fraction of sp³-hybridized carbons (Fsp3) is 0.667. The summed E-state index contributed by atoms with van der Waals surface area (Å²) in [4.78, 5) is 9.70. The summed E-state index contributed by atoms with van der Waals surface area (Å²) in [7, 11) is 1.60. The summed E-state index contributed by atoms with van der Waals surface area (Å²) < 4.78 is 0. The smallest absolute Gasteiger partial charge is 0.359 e. The zero-order valence-electron chi connectivity index (χ0n) is 4.41. The summed E-state index contributed by atoms with van der Waals surface area (Å²) in [5, 5.41) is 2.39. The van der Waals surface area contributed by atoms with Crippen LogP contribution in [0.4, 0.5) is 0 Å². The Morgan fingerprint density at radius 3 is 1.83 bits per heavy atom. The van der Waals surface area contributed by atoms with E-state index in [4.69, 9.17) is 0 Å². The van der Waals surface area contributed by atoms with E-state index in [1.165, 1.54) is 6.92 Å². The van der Waals surface area contributed by atoms with E-state index in [0.29, 0.717) is 0 Å². The first-order chi connectivity index (χ1) is 2.27. The van der Waals surface area contributed by atoms with Gasteiger partial charge in [0, 0.05) is 14.0 Å². The number of hydrogen-bond donors (Lipinski definition) is 1. The fourth-order valence-corrected chi connectivity index (χ4v) is 0. The molecule has 0 unspecified atom stereocenters. The Morgan fingerprint density at radius 2 is 1.83 bits per heavy atom. The van der Waals surface area contributed by atoms with Gasteiger partial charge in [0.2, 0.25) is 5.91 Å². The van der Waals surface area contributed by atoms with Crippen LogP contribution in [-0.2, 0) is 4.79 Å². The van der Waals surface area contributed by atoms with Crippen molar-refractivity contribution in [3.05, 3.63) is 0 Å². The van der Waals surface area contributed by atoms with Crippen LogP contribution < -0.4 is 56.7 Å². The number of amides is 1. The molecule has 0 saturated carbocycles. The molecule has 0 spiro atoms. The normalized spacial score (nSPS) is 5.67. The van der Waals surface area contributed by atoms with Crippen LogP contribution in [0, 0.1) is 0 Å². The summed E-state index contributed by atoms with van der Waals surface area (Å²) >= 11 is 0. The van der Waals surface area contributed by atoms with E-state index < -0.39 is 0 Å². The summed E-state index contributed by atoms with van der Waals surface area (Å²) in [6.07, 6.45) is 0. The van der Waals surface area contributed by atoms with Crippen molar-refractivity contribution in [1.82, 2.24) is 5.32 Å². The largest absolute Gasteiger partial charge is 1.00 e. The molecule has 0 radical (unpaired) electrons. The minimum Gasteiger partial charge on any atom is -0.359 e. The van der Waals surface area contributed by atoms with E-state index >= 15 is 0 Å². The molecule has 3 heteroatoms. The van der Waals surface area contributed by atoms with E-state index in [1.54, 1.807) is 7.05 Å². The van der Waals surface area contributed by atoms with Gasteiger partial charge in [-0.25, -0.2) is 0 Å². The van der Waals surface area contributed by atoms with Crippen molar-refractivity contribution in [1.29, 1.82) is 0 Å². The van der Waals surface area contributed by atoms with Crippen molar-refractivity contribution >= 4 is 5.91 Å². The summed E-state index contributed by atoms with van der Waals surface area (Å²) in [6.45, 7) is 1.47. The Labute approximate surface area is 80.1 Å². The number of hydrogen-bond acceptors (Lipinski definition) is 1. The second-order valence-corrected chi connectivity index (χ2v) is 0.806. The second-order valence-electron chi connectivity index (χ2n) is 0.806. The molecule has 0 atom stereocenters. The van der Waals surface area contributed by atoms with Gasteiger partial charge >= 0.3 is 51.4 Å². The van der Waals surface area contributed by atoms with E-state index in [2.05, 4.69) is 5.32 Å². The van der Waals surface area contributed by atoms with Crippen molar-refractivity contribution < 1.29 is 56.2 Å². The van der Waals surface area contributed by atoms with Gasteiger partial charge in [-0.2, -0.15) is 0 Å². The summed E-state index contributed by atoms with van der Waals surface area (Å²) in [5.74, 6) is 0.00463. The minimum absolute atomic E-state index is 0. The topological polar surface area (TPSA) is 29.1 Å². The Morgan fingerprint density at radius 1 is 1.67 bits per heavy atom. The standard InChI is InChI=1S/C3H7NO.K/c1-3(5)4-2;/h1-2H3,(H,4,5);/q;+1. The number of carbonyl (C=O) groups excluding carboxylic acids is 1. The molecule has 0 aromatic heterocycles. The van der Waals surface area contributed by atoms with Gasteiger partial charge in [-0.05, 0) is 0 Å². The molecule has 0 saturated heterocycles. The van der Waals surface area contributed by atoms with E-state index in [-0.39, 0.29) is 57.3 Å². The molecule has 0 aliphatic heterocycles. The fourth-order valence-electron chi connectivity index (χ4n) is 0. The Balaban J connectivity index is 0. The molecule has 1 amide bonds. The molecule has 0 aromatic carbocycles. The van der Waals surface area contributed by atoms with Gasteiger partial charge in [0.25, 0.3) is 0 Å².